The van der Waals surface area contributed by atoms with Gasteiger partial charge in [0.2, 0.25) is 5.78 Å². The van der Waals surface area contributed by atoms with E-state index >= 15 is 0 Å². The minimum atomic E-state index is -1.74. The molecule has 4 aliphatic carbocycles. The van der Waals surface area contributed by atoms with E-state index in [0.29, 0.717) is 12.8 Å². The van der Waals surface area contributed by atoms with Gasteiger partial charge in [-0.05, 0) is 50.0 Å². The number of allylic oxidation sites excluding steroid dienone is 4. The third-order valence-corrected chi connectivity index (χ3v) is 8.93. The second-order valence-electron chi connectivity index (χ2n) is 10.6. The lowest BCUT2D eigenvalue weighted by molar-refractivity contribution is -0.164. The van der Waals surface area contributed by atoms with E-state index < -0.39 is 46.3 Å². The summed E-state index contributed by atoms with van der Waals surface area (Å²) in [5.74, 6) is -3.86. The Morgan fingerprint density at radius 1 is 1.17 bits per heavy atom. The molecule has 8 atom stereocenters. The van der Waals surface area contributed by atoms with Gasteiger partial charge >= 0.3 is 5.97 Å². The summed E-state index contributed by atoms with van der Waals surface area (Å²) < 4.78 is 0. The second kappa shape index (κ2) is 6.26. The van der Waals surface area contributed by atoms with Crippen LogP contribution in [-0.4, -0.2) is 50.2 Å². The first-order valence-corrected chi connectivity index (χ1v) is 10.6. The number of carboxylic acid groups (broad SMARTS) is 1. The first-order valence-electron chi connectivity index (χ1n) is 10.6. The van der Waals surface area contributed by atoms with Gasteiger partial charge in [0.15, 0.2) is 11.9 Å². The molecule has 2 fully saturated rings. The molecule has 0 aromatic heterocycles. The molecule has 0 unspecified atom stereocenters. The molecule has 4 rings (SSSR count). The Morgan fingerprint density at radius 3 is 2.40 bits per heavy atom. The van der Waals surface area contributed by atoms with Crippen molar-refractivity contribution in [2.24, 2.45) is 39.9 Å². The lowest BCUT2D eigenvalue weighted by Gasteiger charge is -2.58. The maximum Gasteiger partial charge on any atom is 0.332 e. The van der Waals surface area contributed by atoms with Crippen LogP contribution in [0.5, 0.6) is 0 Å². The van der Waals surface area contributed by atoms with Crippen LogP contribution in [0.25, 0.3) is 0 Å². The van der Waals surface area contributed by atoms with Crippen molar-refractivity contribution < 1.29 is 34.8 Å². The van der Waals surface area contributed by atoms with E-state index in [2.05, 4.69) is 0 Å². The molecule has 7 heteroatoms. The van der Waals surface area contributed by atoms with Crippen LogP contribution < -0.4 is 0 Å². The summed E-state index contributed by atoms with van der Waals surface area (Å²) >= 11 is 0. The van der Waals surface area contributed by atoms with Crippen molar-refractivity contribution in [1.82, 2.24) is 0 Å². The van der Waals surface area contributed by atoms with Gasteiger partial charge in [0, 0.05) is 23.7 Å². The number of ketones is 2. The monoisotopic (exact) mass is 418 g/mol. The van der Waals surface area contributed by atoms with Crippen molar-refractivity contribution in [2.75, 3.05) is 0 Å². The Hall–Kier alpha value is -1.99. The number of aliphatic hydroxyl groups is 3. The molecule has 4 aliphatic rings. The smallest absolute Gasteiger partial charge is 0.332 e. The minimum absolute atomic E-state index is 0.0451. The largest absolute Gasteiger partial charge is 0.505 e. The average Bonchev–Trinajstić information content (AvgIpc) is 2.90. The first kappa shape index (κ1) is 21.2. The van der Waals surface area contributed by atoms with Crippen molar-refractivity contribution in [3.05, 3.63) is 23.5 Å². The molecule has 164 valence electrons. The molecule has 2 saturated carbocycles. The molecule has 4 N–H and O–H groups in total. The van der Waals surface area contributed by atoms with Gasteiger partial charge < -0.3 is 20.4 Å². The summed E-state index contributed by atoms with van der Waals surface area (Å²) in [5.41, 5.74) is -1.78. The first-order chi connectivity index (χ1) is 13.8. The number of fused-ring (bicyclic) bond motifs is 5. The maximum atomic E-state index is 13.7. The molecule has 0 aromatic carbocycles. The highest BCUT2D eigenvalue weighted by Gasteiger charge is 2.68. The molecule has 0 aromatic rings. The molecular formula is C23H30O7. The number of Topliss-reactive ketones (excluding diaryl/α,β-unsaturated/α-hetero) is 2. The normalized spacial score (nSPS) is 45.6. The highest BCUT2D eigenvalue weighted by molar-refractivity contribution is 6.02. The number of carbonyl (C=O) groups excluding carboxylic acids is 2. The Bertz CT molecular complexity index is 899. The van der Waals surface area contributed by atoms with Crippen molar-refractivity contribution in [3.63, 3.8) is 0 Å². The molecular weight excluding hydrogens is 388 g/mol. The van der Waals surface area contributed by atoms with E-state index in [1.165, 1.54) is 6.08 Å². The topological polar surface area (TPSA) is 132 Å². The quantitative estimate of drug-likeness (QED) is 0.504. The van der Waals surface area contributed by atoms with Gasteiger partial charge in [-0.2, -0.15) is 0 Å². The Labute approximate surface area is 175 Å². The molecule has 0 radical (unpaired) electrons. The molecule has 0 spiro atoms. The van der Waals surface area contributed by atoms with Gasteiger partial charge in [0.05, 0.1) is 11.5 Å². The fraction of sp³-hybridized carbons (Fsp3) is 0.696. The molecule has 0 amide bonds. The van der Waals surface area contributed by atoms with Crippen molar-refractivity contribution in [2.45, 2.75) is 59.2 Å². The van der Waals surface area contributed by atoms with Gasteiger partial charge in [-0.15, -0.1) is 0 Å². The summed E-state index contributed by atoms with van der Waals surface area (Å²) in [5, 5.41) is 40.7. The van der Waals surface area contributed by atoms with E-state index in [9.17, 15) is 34.8 Å². The van der Waals surface area contributed by atoms with Crippen LogP contribution in [0.4, 0.5) is 0 Å². The van der Waals surface area contributed by atoms with Crippen molar-refractivity contribution in [3.8, 4) is 0 Å². The summed E-state index contributed by atoms with van der Waals surface area (Å²) in [6, 6.07) is 0. The van der Waals surface area contributed by atoms with Crippen molar-refractivity contribution >= 4 is 17.5 Å². The zero-order chi connectivity index (χ0) is 22.4. The van der Waals surface area contributed by atoms with Crippen LogP contribution >= 0.6 is 0 Å². The predicted molar refractivity (Wildman–Crippen MR) is 106 cm³/mol. The predicted octanol–water partition coefficient (Wildman–Crippen LogP) is 2.03. The fourth-order valence-corrected chi connectivity index (χ4v) is 7.23. The summed E-state index contributed by atoms with van der Waals surface area (Å²) in [6.07, 6.45) is 1.63. The van der Waals surface area contributed by atoms with E-state index in [1.54, 1.807) is 13.8 Å². The van der Waals surface area contributed by atoms with E-state index in [1.807, 2.05) is 19.9 Å². The number of carbonyl (C=O) groups is 3. The number of hydrogen-bond acceptors (Lipinski definition) is 6. The third kappa shape index (κ3) is 2.42. The zero-order valence-corrected chi connectivity index (χ0v) is 17.8. The van der Waals surface area contributed by atoms with E-state index in [4.69, 9.17) is 0 Å². The van der Waals surface area contributed by atoms with Gasteiger partial charge in [0.1, 0.15) is 5.78 Å². The molecule has 30 heavy (non-hydrogen) atoms. The number of aliphatic carboxylic acids is 1. The highest BCUT2D eigenvalue weighted by Crippen LogP contribution is 2.67. The highest BCUT2D eigenvalue weighted by atomic mass is 16.4. The van der Waals surface area contributed by atoms with E-state index in [-0.39, 0.29) is 35.6 Å². The molecule has 0 heterocycles. The minimum Gasteiger partial charge on any atom is -0.505 e. The Balaban J connectivity index is 1.82. The van der Waals surface area contributed by atoms with Crippen LogP contribution in [0, 0.1) is 39.9 Å². The lowest BCUT2D eigenvalue weighted by Crippen LogP contribution is -2.59. The number of aliphatic hydroxyl groups excluding tert-OH is 3. The zero-order valence-electron chi connectivity index (χ0n) is 17.8. The van der Waals surface area contributed by atoms with E-state index in [0.717, 1.165) is 5.57 Å². The Kier molecular flexibility index (Phi) is 4.44. The number of rotatable bonds is 2. The summed E-state index contributed by atoms with van der Waals surface area (Å²) in [4.78, 5) is 37.7. The van der Waals surface area contributed by atoms with Crippen molar-refractivity contribution in [1.29, 1.82) is 0 Å². The van der Waals surface area contributed by atoms with Gasteiger partial charge in [-0.1, -0.05) is 25.5 Å². The van der Waals surface area contributed by atoms with Gasteiger partial charge in [0.25, 0.3) is 0 Å². The van der Waals surface area contributed by atoms with Gasteiger partial charge in [-0.3, -0.25) is 9.59 Å². The summed E-state index contributed by atoms with van der Waals surface area (Å²) in [7, 11) is 0. The SMILES string of the molecule is CC1(C)C(=O)C(O)=C[C@@H]2C1=CC[C@H]1[C@@H]3C[C@@H](O)[C@H]([C@@H](O)C(=O)O)[C@@]3(C)CC(=O)[C@@]21C. The summed E-state index contributed by atoms with van der Waals surface area (Å²) in [6.45, 7) is 7.21. The van der Waals surface area contributed by atoms with Crippen LogP contribution in [-0.2, 0) is 14.4 Å². The third-order valence-electron chi connectivity index (χ3n) is 8.93. The van der Waals surface area contributed by atoms with Crippen LogP contribution in [0.1, 0.15) is 47.0 Å². The average molecular weight is 418 g/mol. The standard InChI is InChI=1S/C23H30O7/c1-21(2)10-5-6-11-12-7-14(24)17(18(27)20(29)30)22(12,3)9-16(26)23(11,4)13(10)8-15(25)19(21)28/h5,8,11-14,17-18,24-25,27H,6-7,9H2,1-4H3,(H,29,30)/t11-,12-,13+,14+,17+,18+,22-,23+/m0/s1. The molecule has 0 bridgehead atoms. The molecule has 7 nitrogen and oxygen atoms in total. The fourth-order valence-electron chi connectivity index (χ4n) is 7.23. The molecule has 0 saturated heterocycles. The number of carboxylic acids is 1. The van der Waals surface area contributed by atoms with Crippen LogP contribution in [0.3, 0.4) is 0 Å². The molecule has 0 aliphatic heterocycles. The van der Waals surface area contributed by atoms with Crippen LogP contribution in [0.2, 0.25) is 0 Å². The Morgan fingerprint density at radius 2 is 1.80 bits per heavy atom. The van der Waals surface area contributed by atoms with Crippen LogP contribution in [0.15, 0.2) is 23.5 Å². The second-order valence-corrected chi connectivity index (χ2v) is 10.6. The maximum absolute atomic E-state index is 13.7. The number of hydrogen-bond donors (Lipinski definition) is 4. The van der Waals surface area contributed by atoms with Gasteiger partial charge in [-0.25, -0.2) is 4.79 Å². The lowest BCUT2D eigenvalue weighted by atomic mass is 9.44.